The molecule has 7 nitrogen and oxygen atoms in total. The van der Waals surface area contributed by atoms with E-state index in [0.717, 1.165) is 31.6 Å². The molecule has 24 heavy (non-hydrogen) atoms. The molecule has 0 unspecified atom stereocenters. The van der Waals surface area contributed by atoms with Crippen LogP contribution in [0.3, 0.4) is 0 Å². The highest BCUT2D eigenvalue weighted by Crippen LogP contribution is 2.23. The quantitative estimate of drug-likeness (QED) is 0.857. The number of rotatable bonds is 3. The zero-order chi connectivity index (χ0) is 17.3. The number of anilines is 1. The molecule has 2 aromatic heterocycles. The van der Waals surface area contributed by atoms with Crippen molar-refractivity contribution in [2.45, 2.75) is 52.5 Å². The summed E-state index contributed by atoms with van der Waals surface area (Å²) in [5.74, 6) is 1.12. The van der Waals surface area contributed by atoms with Gasteiger partial charge in [-0.3, -0.25) is 9.36 Å². The molecule has 130 valence electrons. The first-order valence-electron chi connectivity index (χ1n) is 8.45. The van der Waals surface area contributed by atoms with Crippen molar-refractivity contribution in [3.63, 3.8) is 0 Å². The van der Waals surface area contributed by atoms with Crippen molar-refractivity contribution in [1.82, 2.24) is 19.7 Å². The average molecular weight is 331 g/mol. The predicted molar refractivity (Wildman–Crippen MR) is 91.2 cm³/mol. The van der Waals surface area contributed by atoms with Crippen molar-refractivity contribution in [1.29, 1.82) is 0 Å². The van der Waals surface area contributed by atoms with Crippen LogP contribution in [0.2, 0.25) is 0 Å². The van der Waals surface area contributed by atoms with Gasteiger partial charge in [0.05, 0.1) is 12.0 Å². The summed E-state index contributed by atoms with van der Waals surface area (Å²) in [6, 6.07) is 2.26. The highest BCUT2D eigenvalue weighted by Gasteiger charge is 2.23. The zero-order valence-electron chi connectivity index (χ0n) is 14.8. The minimum absolute atomic E-state index is 0.0323. The summed E-state index contributed by atoms with van der Waals surface area (Å²) in [5, 5.41) is 3.84. The monoisotopic (exact) mass is 331 g/mol. The molecule has 0 atom stereocenters. The van der Waals surface area contributed by atoms with Crippen molar-refractivity contribution in [2.24, 2.45) is 5.92 Å². The third kappa shape index (κ3) is 3.66. The fourth-order valence-corrected chi connectivity index (χ4v) is 2.97. The fourth-order valence-electron chi connectivity index (χ4n) is 2.97. The summed E-state index contributed by atoms with van der Waals surface area (Å²) in [7, 11) is 0. The van der Waals surface area contributed by atoms with Crippen molar-refractivity contribution >= 4 is 6.01 Å². The van der Waals surface area contributed by atoms with Crippen LogP contribution in [0.15, 0.2) is 21.7 Å². The Morgan fingerprint density at radius 2 is 2.00 bits per heavy atom. The van der Waals surface area contributed by atoms with E-state index in [4.69, 9.17) is 4.52 Å². The summed E-state index contributed by atoms with van der Waals surface area (Å²) in [6.45, 7) is 10.5. The van der Waals surface area contributed by atoms with Crippen LogP contribution < -0.4 is 10.5 Å². The average Bonchev–Trinajstić information content (AvgIpc) is 2.95. The van der Waals surface area contributed by atoms with Crippen LogP contribution in [0.4, 0.5) is 6.01 Å². The lowest BCUT2D eigenvalue weighted by atomic mass is 9.92. The van der Waals surface area contributed by atoms with Gasteiger partial charge in [-0.2, -0.15) is 4.98 Å². The SMILES string of the molecule is Cc1noc(N2CCC(Cn3cnc(C(C)(C)C)cc3=O)CC2)n1. The van der Waals surface area contributed by atoms with E-state index < -0.39 is 0 Å². The number of hydrogen-bond acceptors (Lipinski definition) is 6. The highest BCUT2D eigenvalue weighted by atomic mass is 16.5. The second kappa shape index (κ2) is 6.37. The van der Waals surface area contributed by atoms with Crippen molar-refractivity contribution in [3.8, 4) is 0 Å². The van der Waals surface area contributed by atoms with E-state index in [-0.39, 0.29) is 11.0 Å². The molecule has 0 amide bonds. The van der Waals surface area contributed by atoms with Gasteiger partial charge in [0.25, 0.3) is 5.56 Å². The van der Waals surface area contributed by atoms with Gasteiger partial charge in [-0.25, -0.2) is 4.98 Å². The van der Waals surface area contributed by atoms with Crippen LogP contribution in [0.1, 0.15) is 45.1 Å². The first kappa shape index (κ1) is 16.7. The maximum Gasteiger partial charge on any atom is 0.324 e. The van der Waals surface area contributed by atoms with Gasteiger partial charge in [0, 0.05) is 31.1 Å². The van der Waals surface area contributed by atoms with Crippen LogP contribution in [0.25, 0.3) is 0 Å². The Labute approximate surface area is 141 Å². The molecule has 0 bridgehead atoms. The smallest absolute Gasteiger partial charge is 0.324 e. The molecule has 1 fully saturated rings. The largest absolute Gasteiger partial charge is 0.324 e. The second-order valence-corrected chi connectivity index (χ2v) is 7.57. The minimum atomic E-state index is -0.105. The summed E-state index contributed by atoms with van der Waals surface area (Å²) < 4.78 is 6.95. The van der Waals surface area contributed by atoms with E-state index >= 15 is 0 Å². The van der Waals surface area contributed by atoms with Crippen molar-refractivity contribution < 1.29 is 4.52 Å². The second-order valence-electron chi connectivity index (χ2n) is 7.57. The molecular formula is C17H25N5O2. The lowest BCUT2D eigenvalue weighted by molar-refractivity contribution is 0.330. The zero-order valence-corrected chi connectivity index (χ0v) is 14.8. The molecule has 3 heterocycles. The first-order valence-corrected chi connectivity index (χ1v) is 8.45. The molecule has 3 rings (SSSR count). The minimum Gasteiger partial charge on any atom is -0.324 e. The Morgan fingerprint density at radius 1 is 1.29 bits per heavy atom. The van der Waals surface area contributed by atoms with Gasteiger partial charge in [-0.1, -0.05) is 25.9 Å². The van der Waals surface area contributed by atoms with E-state index in [2.05, 4.69) is 40.8 Å². The normalized spacial score (nSPS) is 16.6. The molecule has 1 aliphatic heterocycles. The van der Waals surface area contributed by atoms with E-state index in [0.29, 0.717) is 24.3 Å². The molecule has 2 aromatic rings. The number of aromatic nitrogens is 4. The molecule has 0 aromatic carbocycles. The Bertz CT molecular complexity index is 751. The number of hydrogen-bond donors (Lipinski definition) is 0. The van der Waals surface area contributed by atoms with Crippen molar-refractivity contribution in [2.75, 3.05) is 18.0 Å². The standard InChI is InChI=1S/C17H25N5O2/c1-12-19-16(24-20-12)21-7-5-13(6-8-21)10-22-11-18-14(9-15(22)23)17(2,3)4/h9,11,13H,5-8,10H2,1-4H3. The molecule has 0 saturated carbocycles. The van der Waals surface area contributed by atoms with Gasteiger partial charge in [0.15, 0.2) is 5.82 Å². The Kier molecular flexibility index (Phi) is 4.43. The molecule has 0 N–H and O–H groups in total. The van der Waals surface area contributed by atoms with Gasteiger partial charge < -0.3 is 9.42 Å². The van der Waals surface area contributed by atoms with Crippen LogP contribution in [0, 0.1) is 12.8 Å². The summed E-state index contributed by atoms with van der Waals surface area (Å²) in [5.41, 5.74) is 0.765. The lowest BCUT2D eigenvalue weighted by Gasteiger charge is -2.30. The van der Waals surface area contributed by atoms with E-state index in [1.54, 1.807) is 17.0 Å². The summed E-state index contributed by atoms with van der Waals surface area (Å²) in [6.07, 6.45) is 3.68. The Morgan fingerprint density at radius 3 is 2.54 bits per heavy atom. The van der Waals surface area contributed by atoms with E-state index in [9.17, 15) is 4.79 Å². The topological polar surface area (TPSA) is 77.0 Å². The number of nitrogens with zero attached hydrogens (tertiary/aromatic N) is 5. The number of aryl methyl sites for hydroxylation is 1. The van der Waals surface area contributed by atoms with Crippen LogP contribution in [-0.4, -0.2) is 32.8 Å². The maximum absolute atomic E-state index is 12.3. The van der Waals surface area contributed by atoms with Gasteiger partial charge >= 0.3 is 6.01 Å². The van der Waals surface area contributed by atoms with Gasteiger partial charge in [-0.15, -0.1) is 0 Å². The molecule has 0 aliphatic carbocycles. The molecule has 0 spiro atoms. The van der Waals surface area contributed by atoms with Crippen LogP contribution in [-0.2, 0) is 12.0 Å². The molecule has 0 radical (unpaired) electrons. The molecular weight excluding hydrogens is 306 g/mol. The van der Waals surface area contributed by atoms with Gasteiger partial charge in [0.1, 0.15) is 0 Å². The summed E-state index contributed by atoms with van der Waals surface area (Å²) in [4.78, 5) is 23.2. The Balaban J connectivity index is 1.61. The molecule has 7 heteroatoms. The maximum atomic E-state index is 12.3. The third-order valence-corrected chi connectivity index (χ3v) is 4.50. The molecule has 1 aliphatic rings. The van der Waals surface area contributed by atoms with Gasteiger partial charge in [-0.05, 0) is 25.7 Å². The Hall–Kier alpha value is -2.18. The molecule has 1 saturated heterocycles. The predicted octanol–water partition coefficient (Wildman–Crippen LogP) is 2.15. The highest BCUT2D eigenvalue weighted by molar-refractivity contribution is 5.25. The third-order valence-electron chi connectivity index (χ3n) is 4.50. The van der Waals surface area contributed by atoms with Crippen LogP contribution in [0.5, 0.6) is 0 Å². The van der Waals surface area contributed by atoms with E-state index in [1.165, 1.54) is 0 Å². The summed E-state index contributed by atoms with van der Waals surface area (Å²) >= 11 is 0. The number of piperidine rings is 1. The van der Waals surface area contributed by atoms with Crippen molar-refractivity contribution in [3.05, 3.63) is 34.3 Å². The van der Waals surface area contributed by atoms with E-state index in [1.807, 2.05) is 6.92 Å². The lowest BCUT2D eigenvalue weighted by Crippen LogP contribution is -2.36. The van der Waals surface area contributed by atoms with Crippen LogP contribution >= 0.6 is 0 Å². The first-order chi connectivity index (χ1) is 11.3. The fraction of sp³-hybridized carbons (Fsp3) is 0.647. The van der Waals surface area contributed by atoms with Gasteiger partial charge in [0.2, 0.25) is 0 Å².